The molecule has 0 fully saturated rings. The first-order valence-electron chi connectivity index (χ1n) is 7.38. The zero-order valence-electron chi connectivity index (χ0n) is 13.0. The van der Waals surface area contributed by atoms with Crippen LogP contribution >= 0.6 is 23.2 Å². The summed E-state index contributed by atoms with van der Waals surface area (Å²) in [5.74, 6) is 1.03. The maximum Gasteiger partial charge on any atom is 0.410 e. The molecule has 26 heavy (non-hydrogen) atoms. The minimum Gasteiger partial charge on any atom is -0.444 e. The van der Waals surface area contributed by atoms with Crippen molar-refractivity contribution >= 4 is 40.3 Å². The van der Waals surface area contributed by atoms with Gasteiger partial charge in [0.2, 0.25) is 5.89 Å². The van der Waals surface area contributed by atoms with Crippen molar-refractivity contribution in [1.82, 2.24) is 15.0 Å². The van der Waals surface area contributed by atoms with Crippen molar-refractivity contribution in [2.24, 2.45) is 5.73 Å². The summed E-state index contributed by atoms with van der Waals surface area (Å²) in [5.41, 5.74) is 7.26. The Morgan fingerprint density at radius 3 is 2.81 bits per heavy atom. The average molecular weight is 389 g/mol. The largest absolute Gasteiger partial charge is 0.444 e. The standard InChI is InChI=1S/C17H10Cl2N4O3/c18-8-4-5-9(10(19)6-8)16-22-12(7-25-16)15-21-11-2-1-3-13(14(11)23-15)26-17(20)24/h1-7H,(H2,20,24)(H,21,23). The average Bonchev–Trinajstić information content (AvgIpc) is 3.21. The fourth-order valence-corrected chi connectivity index (χ4v) is 2.98. The van der Waals surface area contributed by atoms with E-state index in [4.69, 9.17) is 38.1 Å². The third-order valence-electron chi connectivity index (χ3n) is 3.59. The lowest BCUT2D eigenvalue weighted by Gasteiger charge is -1.99. The number of hydrogen-bond donors (Lipinski definition) is 2. The molecule has 0 atom stereocenters. The number of nitrogens with one attached hydrogen (secondary N) is 1. The summed E-state index contributed by atoms with van der Waals surface area (Å²) < 4.78 is 10.5. The number of nitrogens with zero attached hydrogens (tertiary/aromatic N) is 2. The number of fused-ring (bicyclic) bond motifs is 1. The van der Waals surface area contributed by atoms with E-state index in [0.29, 0.717) is 44.1 Å². The highest BCUT2D eigenvalue weighted by molar-refractivity contribution is 6.36. The van der Waals surface area contributed by atoms with Gasteiger partial charge in [-0.25, -0.2) is 14.8 Å². The third kappa shape index (κ3) is 2.98. The van der Waals surface area contributed by atoms with E-state index < -0.39 is 6.09 Å². The SMILES string of the molecule is NC(=O)Oc1cccc2[nH]c(-c3coc(-c4ccc(Cl)cc4Cl)n3)nc12. The van der Waals surface area contributed by atoms with Crippen molar-refractivity contribution in [2.45, 2.75) is 0 Å². The van der Waals surface area contributed by atoms with Crippen molar-refractivity contribution < 1.29 is 13.9 Å². The van der Waals surface area contributed by atoms with Gasteiger partial charge in [-0.1, -0.05) is 29.3 Å². The molecule has 7 nitrogen and oxygen atoms in total. The van der Waals surface area contributed by atoms with Gasteiger partial charge >= 0.3 is 6.09 Å². The molecule has 0 aliphatic heterocycles. The normalized spacial score (nSPS) is 11.0. The van der Waals surface area contributed by atoms with Crippen LogP contribution in [0.4, 0.5) is 4.79 Å². The van der Waals surface area contributed by atoms with E-state index in [1.165, 1.54) is 6.26 Å². The molecule has 2 heterocycles. The van der Waals surface area contributed by atoms with E-state index in [1.54, 1.807) is 36.4 Å². The fraction of sp³-hybridized carbons (Fsp3) is 0. The zero-order chi connectivity index (χ0) is 18.3. The number of aromatic amines is 1. The lowest BCUT2D eigenvalue weighted by atomic mass is 10.2. The number of oxazole rings is 1. The Bertz CT molecular complexity index is 1140. The van der Waals surface area contributed by atoms with E-state index in [-0.39, 0.29) is 5.75 Å². The molecule has 9 heteroatoms. The number of nitrogens with two attached hydrogens (primary N) is 1. The minimum atomic E-state index is -0.914. The van der Waals surface area contributed by atoms with Crippen LogP contribution in [0.2, 0.25) is 10.0 Å². The molecule has 0 aliphatic rings. The summed E-state index contributed by atoms with van der Waals surface area (Å²) in [6.07, 6.45) is 0.537. The number of hydrogen-bond acceptors (Lipinski definition) is 5. The summed E-state index contributed by atoms with van der Waals surface area (Å²) in [4.78, 5) is 22.9. The lowest BCUT2D eigenvalue weighted by Crippen LogP contribution is -2.16. The van der Waals surface area contributed by atoms with Crippen LogP contribution in [0.25, 0.3) is 34.0 Å². The zero-order valence-corrected chi connectivity index (χ0v) is 14.5. The van der Waals surface area contributed by atoms with E-state index >= 15 is 0 Å². The predicted octanol–water partition coefficient (Wildman–Crippen LogP) is 4.65. The van der Waals surface area contributed by atoms with Crippen molar-refractivity contribution in [2.75, 3.05) is 0 Å². The maximum absolute atomic E-state index is 11.0. The van der Waals surface area contributed by atoms with Crippen molar-refractivity contribution in [3.8, 4) is 28.7 Å². The smallest absolute Gasteiger partial charge is 0.410 e. The Labute approximate surface area is 156 Å². The topological polar surface area (TPSA) is 107 Å². The first-order chi connectivity index (χ1) is 12.5. The van der Waals surface area contributed by atoms with Crippen molar-refractivity contribution in [3.05, 3.63) is 52.7 Å². The summed E-state index contributed by atoms with van der Waals surface area (Å²) in [6.45, 7) is 0. The molecule has 3 N–H and O–H groups in total. The number of rotatable bonds is 3. The third-order valence-corrected chi connectivity index (χ3v) is 4.14. The highest BCUT2D eigenvalue weighted by atomic mass is 35.5. The van der Waals surface area contributed by atoms with Crippen LogP contribution in [0.15, 0.2) is 47.1 Å². The molecule has 4 rings (SSSR count). The van der Waals surface area contributed by atoms with Crippen LogP contribution in [0.5, 0.6) is 5.75 Å². The van der Waals surface area contributed by atoms with Crippen LogP contribution in [-0.2, 0) is 0 Å². The Morgan fingerprint density at radius 2 is 2.04 bits per heavy atom. The Morgan fingerprint density at radius 1 is 1.19 bits per heavy atom. The number of ether oxygens (including phenoxy) is 1. The van der Waals surface area contributed by atoms with Gasteiger partial charge in [-0.05, 0) is 30.3 Å². The van der Waals surface area contributed by atoms with Gasteiger partial charge in [0.25, 0.3) is 0 Å². The molecule has 0 saturated heterocycles. The molecule has 4 aromatic rings. The first-order valence-corrected chi connectivity index (χ1v) is 8.14. The number of H-pyrrole nitrogens is 1. The van der Waals surface area contributed by atoms with Crippen LogP contribution in [0.1, 0.15) is 0 Å². The Balaban J connectivity index is 1.75. The summed E-state index contributed by atoms with van der Waals surface area (Å²) in [7, 11) is 0. The summed E-state index contributed by atoms with van der Waals surface area (Å²) in [5, 5.41) is 0.942. The molecule has 130 valence electrons. The van der Waals surface area contributed by atoms with Gasteiger partial charge in [0.1, 0.15) is 17.5 Å². The van der Waals surface area contributed by atoms with E-state index in [1.807, 2.05) is 0 Å². The van der Waals surface area contributed by atoms with Gasteiger partial charge in [-0.2, -0.15) is 0 Å². The van der Waals surface area contributed by atoms with E-state index in [0.717, 1.165) is 0 Å². The minimum absolute atomic E-state index is 0.252. The molecule has 0 bridgehead atoms. The Kier molecular flexibility index (Phi) is 4.02. The highest BCUT2D eigenvalue weighted by Crippen LogP contribution is 2.32. The fourth-order valence-electron chi connectivity index (χ4n) is 2.49. The Hall–Kier alpha value is -3.03. The molecule has 0 aliphatic carbocycles. The number of imidazole rings is 1. The molecule has 0 spiro atoms. The molecular formula is C17H10Cl2N4O3. The molecule has 0 radical (unpaired) electrons. The molecule has 2 aromatic carbocycles. The van der Waals surface area contributed by atoms with Crippen LogP contribution in [-0.4, -0.2) is 21.0 Å². The predicted molar refractivity (Wildman–Crippen MR) is 97.3 cm³/mol. The second-order valence-electron chi connectivity index (χ2n) is 5.32. The molecular weight excluding hydrogens is 379 g/mol. The lowest BCUT2D eigenvalue weighted by molar-refractivity contribution is 0.211. The number of carbonyl (C=O) groups excluding carboxylic acids is 1. The van der Waals surface area contributed by atoms with E-state index in [9.17, 15) is 4.79 Å². The number of primary amides is 1. The molecule has 0 unspecified atom stereocenters. The number of para-hydroxylation sites is 1. The molecule has 0 saturated carbocycles. The van der Waals surface area contributed by atoms with Gasteiger partial charge < -0.3 is 19.9 Å². The van der Waals surface area contributed by atoms with Gasteiger partial charge in [-0.3, -0.25) is 0 Å². The van der Waals surface area contributed by atoms with Crippen LogP contribution < -0.4 is 10.5 Å². The maximum atomic E-state index is 11.0. The summed E-state index contributed by atoms with van der Waals surface area (Å²) >= 11 is 12.1. The van der Waals surface area contributed by atoms with Crippen LogP contribution in [0.3, 0.4) is 0 Å². The number of benzene rings is 2. The second-order valence-corrected chi connectivity index (χ2v) is 6.16. The van der Waals surface area contributed by atoms with Crippen molar-refractivity contribution in [3.63, 3.8) is 0 Å². The van der Waals surface area contributed by atoms with Gasteiger partial charge in [0, 0.05) is 5.02 Å². The summed E-state index contributed by atoms with van der Waals surface area (Å²) in [6, 6.07) is 10.1. The van der Waals surface area contributed by atoms with Gasteiger partial charge in [0.15, 0.2) is 11.6 Å². The van der Waals surface area contributed by atoms with Gasteiger partial charge in [0.05, 0.1) is 16.1 Å². The van der Waals surface area contributed by atoms with Crippen molar-refractivity contribution in [1.29, 1.82) is 0 Å². The number of amides is 1. The number of aromatic nitrogens is 3. The number of carbonyl (C=O) groups is 1. The quantitative estimate of drug-likeness (QED) is 0.530. The monoisotopic (exact) mass is 388 g/mol. The molecule has 2 aromatic heterocycles. The van der Waals surface area contributed by atoms with E-state index in [2.05, 4.69) is 15.0 Å². The highest BCUT2D eigenvalue weighted by Gasteiger charge is 2.16. The van der Waals surface area contributed by atoms with Gasteiger partial charge in [-0.15, -0.1) is 0 Å². The molecule has 1 amide bonds. The first kappa shape index (κ1) is 16.4. The number of halogens is 2. The van der Waals surface area contributed by atoms with Crippen LogP contribution in [0, 0.1) is 0 Å². The second kappa shape index (κ2) is 6.36.